The second-order valence-corrected chi connectivity index (χ2v) is 6.84. The lowest BCUT2D eigenvalue weighted by Crippen LogP contribution is -2.40. The van der Waals surface area contributed by atoms with Crippen LogP contribution in [0.4, 0.5) is 0 Å². The fourth-order valence-corrected chi connectivity index (χ4v) is 3.69. The zero-order valence-corrected chi connectivity index (χ0v) is 14.1. The van der Waals surface area contributed by atoms with Gasteiger partial charge in [0.2, 0.25) is 0 Å². The molecule has 0 spiro atoms. The van der Waals surface area contributed by atoms with Crippen LogP contribution in [-0.4, -0.2) is 33.3 Å². The lowest BCUT2D eigenvalue weighted by molar-refractivity contribution is 0.530. The van der Waals surface area contributed by atoms with E-state index in [0.29, 0.717) is 18.5 Å². The minimum absolute atomic E-state index is 0.505. The average molecular weight is 318 g/mol. The Labute approximate surface area is 139 Å². The van der Waals surface area contributed by atoms with Crippen LogP contribution in [0.5, 0.6) is 0 Å². The monoisotopic (exact) mass is 318 g/mol. The molecule has 0 radical (unpaired) electrons. The summed E-state index contributed by atoms with van der Waals surface area (Å²) in [5.74, 6) is 2.80. The van der Waals surface area contributed by atoms with Crippen molar-refractivity contribution >= 4 is 5.96 Å². The third-order valence-corrected chi connectivity index (χ3v) is 5.01. The van der Waals surface area contributed by atoms with Gasteiger partial charge in [0.25, 0.3) is 0 Å². The zero-order valence-electron chi connectivity index (χ0n) is 14.1. The van der Waals surface area contributed by atoms with Gasteiger partial charge in [-0.25, -0.2) is 0 Å². The molecule has 3 N–H and O–H groups in total. The first-order chi connectivity index (χ1) is 11.3. The van der Waals surface area contributed by atoms with E-state index >= 15 is 0 Å². The third kappa shape index (κ3) is 4.69. The normalized spacial score (nSPS) is 20.6. The molecule has 128 valence electrons. The predicted molar refractivity (Wildman–Crippen MR) is 92.4 cm³/mol. The standard InChI is InChI=1S/C17H30N6/c18-17(20-14-8-4-1-2-5-9-14)19-12-11-16-22-21-15-10-6-3-7-13-23(15)16/h14H,1-13H2,(H3,18,19,20). The van der Waals surface area contributed by atoms with Crippen molar-refractivity contribution in [1.82, 2.24) is 20.1 Å². The predicted octanol–water partition coefficient (Wildman–Crippen LogP) is 2.17. The maximum Gasteiger partial charge on any atom is 0.188 e. The first-order valence-electron chi connectivity index (χ1n) is 9.30. The van der Waals surface area contributed by atoms with Crippen molar-refractivity contribution < 1.29 is 0 Å². The van der Waals surface area contributed by atoms with E-state index in [1.165, 1.54) is 57.8 Å². The molecule has 23 heavy (non-hydrogen) atoms. The number of hydrogen-bond acceptors (Lipinski definition) is 3. The van der Waals surface area contributed by atoms with Gasteiger partial charge in [-0.05, 0) is 25.7 Å². The van der Waals surface area contributed by atoms with Crippen LogP contribution >= 0.6 is 0 Å². The molecule has 1 aromatic rings. The fraction of sp³-hybridized carbons (Fsp3) is 0.824. The molecule has 6 heteroatoms. The van der Waals surface area contributed by atoms with E-state index in [-0.39, 0.29) is 0 Å². The number of hydrogen-bond donors (Lipinski definition) is 2. The van der Waals surface area contributed by atoms with E-state index in [2.05, 4.69) is 25.1 Å². The summed E-state index contributed by atoms with van der Waals surface area (Å²) < 4.78 is 2.29. The van der Waals surface area contributed by atoms with Gasteiger partial charge in [-0.3, -0.25) is 4.99 Å². The summed E-state index contributed by atoms with van der Waals surface area (Å²) in [6, 6.07) is 0.505. The molecule has 1 aliphatic heterocycles. The summed E-state index contributed by atoms with van der Waals surface area (Å²) in [5.41, 5.74) is 6.05. The Morgan fingerprint density at radius 3 is 2.70 bits per heavy atom. The van der Waals surface area contributed by atoms with Crippen LogP contribution in [0, 0.1) is 0 Å². The number of aliphatic imine (C=N–C) groups is 1. The molecule has 3 rings (SSSR count). The van der Waals surface area contributed by atoms with Crippen molar-refractivity contribution in [1.29, 1.82) is 0 Å². The van der Waals surface area contributed by atoms with Crippen LogP contribution in [-0.2, 0) is 19.4 Å². The van der Waals surface area contributed by atoms with Gasteiger partial charge in [-0.2, -0.15) is 0 Å². The lowest BCUT2D eigenvalue weighted by Gasteiger charge is -2.16. The molecule has 0 bridgehead atoms. The second kappa shape index (κ2) is 8.31. The third-order valence-electron chi connectivity index (χ3n) is 5.01. The maximum absolute atomic E-state index is 6.05. The molecule has 0 atom stereocenters. The molecule has 2 heterocycles. The summed E-state index contributed by atoms with van der Waals surface area (Å²) in [5, 5.41) is 12.1. The fourth-order valence-electron chi connectivity index (χ4n) is 3.69. The molecule has 1 saturated carbocycles. The maximum atomic E-state index is 6.05. The number of nitrogens with two attached hydrogens (primary N) is 1. The van der Waals surface area contributed by atoms with Gasteiger partial charge in [-0.1, -0.05) is 32.1 Å². The molecule has 1 fully saturated rings. The second-order valence-electron chi connectivity index (χ2n) is 6.84. The number of nitrogens with zero attached hydrogens (tertiary/aromatic N) is 4. The number of aromatic nitrogens is 3. The highest BCUT2D eigenvalue weighted by Crippen LogP contribution is 2.17. The Kier molecular flexibility index (Phi) is 5.88. The summed E-state index contributed by atoms with van der Waals surface area (Å²) in [7, 11) is 0. The average Bonchev–Trinajstić information content (AvgIpc) is 2.77. The van der Waals surface area contributed by atoms with Crippen molar-refractivity contribution in [3.05, 3.63) is 11.6 Å². The van der Waals surface area contributed by atoms with Crippen molar-refractivity contribution in [3.8, 4) is 0 Å². The SMILES string of the molecule is NC(=NCCc1nnc2n1CCCCC2)NC1CCCCCC1. The topological polar surface area (TPSA) is 81.1 Å². The van der Waals surface area contributed by atoms with E-state index in [1.54, 1.807) is 0 Å². The Balaban J connectivity index is 1.49. The molecular formula is C17H30N6. The first-order valence-corrected chi connectivity index (χ1v) is 9.30. The van der Waals surface area contributed by atoms with Crippen LogP contribution in [0.25, 0.3) is 0 Å². The molecule has 1 aliphatic carbocycles. The van der Waals surface area contributed by atoms with Crippen LogP contribution < -0.4 is 11.1 Å². The zero-order chi connectivity index (χ0) is 15.9. The highest BCUT2D eigenvalue weighted by atomic mass is 15.3. The number of fused-ring (bicyclic) bond motifs is 1. The first kappa shape index (κ1) is 16.3. The summed E-state index contributed by atoms with van der Waals surface area (Å²) in [6.45, 7) is 1.74. The van der Waals surface area contributed by atoms with Crippen molar-refractivity contribution in [2.24, 2.45) is 10.7 Å². The highest BCUT2D eigenvalue weighted by molar-refractivity contribution is 5.78. The number of guanidine groups is 1. The van der Waals surface area contributed by atoms with E-state index in [9.17, 15) is 0 Å². The van der Waals surface area contributed by atoms with Crippen LogP contribution in [0.2, 0.25) is 0 Å². The molecule has 0 amide bonds. The molecule has 0 unspecified atom stereocenters. The van der Waals surface area contributed by atoms with Gasteiger partial charge < -0.3 is 15.6 Å². The van der Waals surface area contributed by atoms with Crippen LogP contribution in [0.1, 0.15) is 69.4 Å². The van der Waals surface area contributed by atoms with E-state index in [0.717, 1.165) is 31.0 Å². The summed E-state index contributed by atoms with van der Waals surface area (Å²) in [4.78, 5) is 4.50. The minimum Gasteiger partial charge on any atom is -0.370 e. The lowest BCUT2D eigenvalue weighted by atomic mass is 10.1. The van der Waals surface area contributed by atoms with E-state index in [1.807, 2.05) is 0 Å². The van der Waals surface area contributed by atoms with E-state index < -0.39 is 0 Å². The smallest absolute Gasteiger partial charge is 0.188 e. The number of aryl methyl sites for hydroxylation is 1. The highest BCUT2D eigenvalue weighted by Gasteiger charge is 2.15. The molecule has 2 aliphatic rings. The van der Waals surface area contributed by atoms with Gasteiger partial charge in [-0.15, -0.1) is 10.2 Å². The van der Waals surface area contributed by atoms with Crippen molar-refractivity contribution in [2.45, 2.75) is 83.2 Å². The van der Waals surface area contributed by atoms with Crippen molar-refractivity contribution in [3.63, 3.8) is 0 Å². The minimum atomic E-state index is 0.505. The van der Waals surface area contributed by atoms with E-state index in [4.69, 9.17) is 5.73 Å². The molecule has 6 nitrogen and oxygen atoms in total. The Morgan fingerprint density at radius 2 is 1.87 bits per heavy atom. The van der Waals surface area contributed by atoms with Gasteiger partial charge >= 0.3 is 0 Å². The Hall–Kier alpha value is -1.59. The molecular weight excluding hydrogens is 288 g/mol. The Morgan fingerprint density at radius 1 is 1.09 bits per heavy atom. The summed E-state index contributed by atoms with van der Waals surface area (Å²) in [6.07, 6.45) is 13.4. The van der Waals surface area contributed by atoms with Crippen LogP contribution in [0.3, 0.4) is 0 Å². The van der Waals surface area contributed by atoms with Gasteiger partial charge in [0.15, 0.2) is 5.96 Å². The largest absolute Gasteiger partial charge is 0.370 e. The van der Waals surface area contributed by atoms with Gasteiger partial charge in [0.05, 0.1) is 0 Å². The van der Waals surface area contributed by atoms with Crippen molar-refractivity contribution in [2.75, 3.05) is 6.54 Å². The van der Waals surface area contributed by atoms with Gasteiger partial charge in [0.1, 0.15) is 11.6 Å². The molecule has 1 aromatic heterocycles. The van der Waals surface area contributed by atoms with Gasteiger partial charge in [0, 0.05) is 32.0 Å². The van der Waals surface area contributed by atoms with Crippen LogP contribution in [0.15, 0.2) is 4.99 Å². The Bertz CT molecular complexity index is 513. The molecule has 0 saturated heterocycles. The number of rotatable bonds is 4. The quantitative estimate of drug-likeness (QED) is 0.506. The number of nitrogens with one attached hydrogen (secondary N) is 1. The molecule has 0 aromatic carbocycles. The summed E-state index contributed by atoms with van der Waals surface area (Å²) >= 11 is 0.